The van der Waals surface area contributed by atoms with Crippen LogP contribution in [0, 0.1) is 5.41 Å². The molecule has 120 valence electrons. The van der Waals surface area contributed by atoms with Crippen LogP contribution in [0.5, 0.6) is 0 Å². The molecule has 2 atom stereocenters. The van der Waals surface area contributed by atoms with Crippen molar-refractivity contribution in [3.63, 3.8) is 0 Å². The number of carbonyl (C=O) groups excluding carboxylic acids is 2. The summed E-state index contributed by atoms with van der Waals surface area (Å²) in [6.45, 7) is 7.88. The topological polar surface area (TPSA) is 56.8 Å². The van der Waals surface area contributed by atoms with Gasteiger partial charge in [0.2, 0.25) is 5.91 Å². The fourth-order valence-electron chi connectivity index (χ4n) is 3.05. The van der Waals surface area contributed by atoms with Gasteiger partial charge in [-0.15, -0.1) is 0 Å². The number of urea groups is 1. The van der Waals surface area contributed by atoms with Crippen LogP contribution in [0.25, 0.3) is 0 Å². The minimum Gasteiger partial charge on any atom is -0.323 e. The lowest BCUT2D eigenvalue weighted by Gasteiger charge is -2.40. The Hall–Kier alpha value is -2.11. The predicted molar refractivity (Wildman–Crippen MR) is 85.4 cm³/mol. The van der Waals surface area contributed by atoms with Crippen LogP contribution in [0.1, 0.15) is 27.7 Å². The van der Waals surface area contributed by atoms with Crippen LogP contribution >= 0.6 is 0 Å². The number of carbonyl (C=O) groups is 2. The molecular weight excluding hydrogens is 280 g/mol. The van der Waals surface area contributed by atoms with E-state index in [0.29, 0.717) is 0 Å². The molecule has 2 unspecified atom stereocenters. The van der Waals surface area contributed by atoms with Gasteiger partial charge >= 0.3 is 6.03 Å². The van der Waals surface area contributed by atoms with Crippen molar-refractivity contribution in [1.82, 2.24) is 14.8 Å². The summed E-state index contributed by atoms with van der Waals surface area (Å²) in [7, 11) is 3.47. The molecule has 1 fully saturated rings. The van der Waals surface area contributed by atoms with E-state index in [9.17, 15) is 9.59 Å². The molecular formula is C16H24N4O2. The molecule has 1 aliphatic heterocycles. The summed E-state index contributed by atoms with van der Waals surface area (Å²) in [4.78, 5) is 34.2. The fourth-order valence-corrected chi connectivity index (χ4v) is 3.05. The number of amides is 3. The second-order valence-electron chi connectivity index (χ2n) is 6.82. The van der Waals surface area contributed by atoms with Crippen LogP contribution in [0.4, 0.5) is 10.5 Å². The van der Waals surface area contributed by atoms with Crippen molar-refractivity contribution in [2.45, 2.75) is 39.9 Å². The van der Waals surface area contributed by atoms with Crippen molar-refractivity contribution < 1.29 is 9.59 Å². The molecule has 6 nitrogen and oxygen atoms in total. The lowest BCUT2D eigenvalue weighted by atomic mass is 9.91. The Morgan fingerprint density at radius 2 is 1.82 bits per heavy atom. The van der Waals surface area contributed by atoms with Crippen molar-refractivity contribution in [1.29, 1.82) is 0 Å². The van der Waals surface area contributed by atoms with Crippen LogP contribution in [0.2, 0.25) is 0 Å². The van der Waals surface area contributed by atoms with Crippen LogP contribution in [0.15, 0.2) is 24.5 Å². The Balaban J connectivity index is 2.36. The summed E-state index contributed by atoms with van der Waals surface area (Å²) >= 11 is 0. The minimum absolute atomic E-state index is 0.0311. The van der Waals surface area contributed by atoms with E-state index < -0.39 is 6.04 Å². The Bertz CT molecular complexity index is 567. The lowest BCUT2D eigenvalue weighted by molar-refractivity contribution is -0.129. The Labute approximate surface area is 131 Å². The highest BCUT2D eigenvalue weighted by Crippen LogP contribution is 2.34. The second kappa shape index (κ2) is 5.59. The summed E-state index contributed by atoms with van der Waals surface area (Å²) in [5.74, 6) is -0.0311. The average Bonchev–Trinajstić information content (AvgIpc) is 2.70. The molecule has 2 rings (SSSR count). The number of nitrogens with zero attached hydrogens (tertiary/aromatic N) is 4. The van der Waals surface area contributed by atoms with Crippen molar-refractivity contribution >= 4 is 17.6 Å². The molecule has 2 heterocycles. The highest BCUT2D eigenvalue weighted by molar-refractivity contribution is 5.97. The van der Waals surface area contributed by atoms with Crippen LogP contribution in [0.3, 0.4) is 0 Å². The van der Waals surface area contributed by atoms with Gasteiger partial charge < -0.3 is 4.90 Å². The fraction of sp³-hybridized carbons (Fsp3) is 0.562. The normalized spacial score (nSPS) is 22.2. The summed E-state index contributed by atoms with van der Waals surface area (Å²) in [6.07, 6.45) is 3.02. The maximum atomic E-state index is 13.0. The minimum atomic E-state index is -0.467. The quantitative estimate of drug-likeness (QED) is 0.799. The average molecular weight is 304 g/mol. The standard InChI is InChI=1S/C16H24N4O2/c1-11-13(21)19(6)14(16(2,3)4)20(11)15(22)18(5)12-7-9-17-10-8-12/h7-11,14H,1-6H3. The van der Waals surface area contributed by atoms with Gasteiger partial charge in [0, 0.05) is 37.6 Å². The molecule has 3 amide bonds. The molecule has 1 saturated heterocycles. The molecule has 22 heavy (non-hydrogen) atoms. The number of pyridine rings is 1. The van der Waals surface area contributed by atoms with E-state index in [1.807, 2.05) is 20.8 Å². The molecule has 0 N–H and O–H groups in total. The largest absolute Gasteiger partial charge is 0.326 e. The Kier molecular flexibility index (Phi) is 4.13. The van der Waals surface area contributed by atoms with Crippen molar-refractivity contribution in [2.24, 2.45) is 5.41 Å². The van der Waals surface area contributed by atoms with Crippen LogP contribution in [-0.4, -0.2) is 53.0 Å². The van der Waals surface area contributed by atoms with Gasteiger partial charge in [-0.1, -0.05) is 20.8 Å². The van der Waals surface area contributed by atoms with Crippen molar-refractivity contribution in [2.75, 3.05) is 19.0 Å². The number of anilines is 1. The van der Waals surface area contributed by atoms with Gasteiger partial charge in [0.05, 0.1) is 0 Å². The van der Waals surface area contributed by atoms with Gasteiger partial charge in [0.1, 0.15) is 12.2 Å². The molecule has 6 heteroatoms. The summed E-state index contributed by atoms with van der Waals surface area (Å²) < 4.78 is 0. The molecule has 1 aromatic heterocycles. The first-order valence-electron chi connectivity index (χ1n) is 7.39. The molecule has 0 spiro atoms. The van der Waals surface area contributed by atoms with E-state index >= 15 is 0 Å². The zero-order valence-corrected chi connectivity index (χ0v) is 14.1. The highest BCUT2D eigenvalue weighted by Gasteiger charge is 2.50. The number of hydrogen-bond acceptors (Lipinski definition) is 3. The van der Waals surface area contributed by atoms with Crippen molar-refractivity contribution in [3.8, 4) is 0 Å². The van der Waals surface area contributed by atoms with E-state index in [0.717, 1.165) is 5.69 Å². The predicted octanol–water partition coefficient (Wildman–Crippen LogP) is 2.17. The maximum absolute atomic E-state index is 13.0. The third-order valence-electron chi connectivity index (χ3n) is 4.09. The first-order valence-corrected chi connectivity index (χ1v) is 7.39. The summed E-state index contributed by atoms with van der Waals surface area (Å²) in [5.41, 5.74) is 0.519. The molecule has 0 aromatic carbocycles. The van der Waals surface area contributed by atoms with Gasteiger partial charge in [0.15, 0.2) is 0 Å². The highest BCUT2D eigenvalue weighted by atomic mass is 16.2. The van der Waals surface area contributed by atoms with E-state index in [1.165, 1.54) is 0 Å². The molecule has 0 saturated carbocycles. The maximum Gasteiger partial charge on any atom is 0.326 e. The van der Waals surface area contributed by atoms with E-state index in [2.05, 4.69) is 4.98 Å². The molecule has 0 radical (unpaired) electrons. The zero-order valence-electron chi connectivity index (χ0n) is 14.1. The van der Waals surface area contributed by atoms with Crippen molar-refractivity contribution in [3.05, 3.63) is 24.5 Å². The summed E-state index contributed by atoms with van der Waals surface area (Å²) in [5, 5.41) is 0. The monoisotopic (exact) mass is 304 g/mol. The number of likely N-dealkylation sites (N-methyl/N-ethyl adjacent to an activating group) is 1. The van der Waals surface area contributed by atoms with Crippen LogP contribution in [-0.2, 0) is 4.79 Å². The third-order valence-corrected chi connectivity index (χ3v) is 4.09. The van der Waals surface area contributed by atoms with Crippen LogP contribution < -0.4 is 4.90 Å². The molecule has 0 bridgehead atoms. The number of rotatable bonds is 1. The van der Waals surface area contributed by atoms with E-state index in [1.54, 1.807) is 60.2 Å². The Morgan fingerprint density at radius 3 is 2.32 bits per heavy atom. The van der Waals surface area contributed by atoms with Gasteiger partial charge in [-0.2, -0.15) is 0 Å². The lowest BCUT2D eigenvalue weighted by Crippen LogP contribution is -2.54. The third kappa shape index (κ3) is 2.65. The van der Waals surface area contributed by atoms with Gasteiger partial charge in [-0.05, 0) is 19.1 Å². The molecule has 0 aliphatic carbocycles. The SMILES string of the molecule is CC1C(=O)N(C)C(C(C)(C)C)N1C(=O)N(C)c1ccncc1. The number of aromatic nitrogens is 1. The summed E-state index contributed by atoms with van der Waals surface area (Å²) in [6, 6.07) is 2.90. The van der Waals surface area contributed by atoms with E-state index in [-0.39, 0.29) is 23.5 Å². The molecule has 1 aliphatic rings. The molecule has 1 aromatic rings. The van der Waals surface area contributed by atoms with Gasteiger partial charge in [0.25, 0.3) is 0 Å². The smallest absolute Gasteiger partial charge is 0.323 e. The van der Waals surface area contributed by atoms with Gasteiger partial charge in [-0.3, -0.25) is 19.6 Å². The zero-order chi connectivity index (χ0) is 16.7. The number of hydrogen-bond donors (Lipinski definition) is 0. The first-order chi connectivity index (χ1) is 10.2. The Morgan fingerprint density at radius 1 is 1.27 bits per heavy atom. The van der Waals surface area contributed by atoms with E-state index in [4.69, 9.17) is 0 Å². The van der Waals surface area contributed by atoms with Gasteiger partial charge in [-0.25, -0.2) is 4.79 Å². The first kappa shape index (κ1) is 16.3. The second-order valence-corrected chi connectivity index (χ2v) is 6.82.